The van der Waals surface area contributed by atoms with E-state index in [2.05, 4.69) is 15.4 Å². The fraction of sp³-hybridized carbons (Fsp3) is 0.500. The minimum atomic E-state index is -4.75. The number of nitrogens with zero attached hydrogens (tertiary/aromatic N) is 1. The van der Waals surface area contributed by atoms with E-state index in [0.29, 0.717) is 18.7 Å². The van der Waals surface area contributed by atoms with E-state index in [1.54, 1.807) is 11.8 Å². The van der Waals surface area contributed by atoms with Crippen LogP contribution in [0.25, 0.3) is 0 Å². The lowest BCUT2D eigenvalue weighted by atomic mass is 9.80. The number of amides is 3. The van der Waals surface area contributed by atoms with Crippen LogP contribution in [0.4, 0.5) is 23.7 Å². The minimum absolute atomic E-state index is 0.0331. The van der Waals surface area contributed by atoms with E-state index in [1.165, 1.54) is 12.1 Å². The van der Waals surface area contributed by atoms with Gasteiger partial charge in [-0.05, 0) is 30.7 Å². The molecule has 2 aliphatic heterocycles. The van der Waals surface area contributed by atoms with Gasteiger partial charge in [-0.15, -0.1) is 13.2 Å². The Labute approximate surface area is 142 Å². The van der Waals surface area contributed by atoms with Gasteiger partial charge in [0.25, 0.3) is 0 Å². The molecule has 3 amide bonds. The van der Waals surface area contributed by atoms with Gasteiger partial charge in [-0.1, -0.05) is 6.92 Å². The molecular formula is C16H18F3N3O3. The first-order valence-electron chi connectivity index (χ1n) is 7.99. The number of nitrogens with one attached hydrogen (secondary N) is 2. The zero-order chi connectivity index (χ0) is 18.2. The molecule has 136 valence electrons. The normalized spacial score (nSPS) is 24.5. The maximum absolute atomic E-state index is 12.1. The fourth-order valence-corrected chi connectivity index (χ4v) is 3.38. The number of anilines is 1. The largest absolute Gasteiger partial charge is 0.573 e. The molecule has 3 atom stereocenters. The Morgan fingerprint density at radius 2 is 1.96 bits per heavy atom. The van der Waals surface area contributed by atoms with Gasteiger partial charge in [0.05, 0.1) is 12.1 Å². The summed E-state index contributed by atoms with van der Waals surface area (Å²) in [6.45, 7) is 2.46. The molecule has 2 saturated heterocycles. The number of hydrogen-bond donors (Lipinski definition) is 2. The summed E-state index contributed by atoms with van der Waals surface area (Å²) in [7, 11) is 0. The first kappa shape index (κ1) is 17.4. The molecule has 4 rings (SSSR count). The first-order chi connectivity index (χ1) is 11.8. The van der Waals surface area contributed by atoms with Crippen molar-refractivity contribution in [2.24, 2.45) is 5.92 Å². The molecule has 25 heavy (non-hydrogen) atoms. The van der Waals surface area contributed by atoms with Gasteiger partial charge >= 0.3 is 12.4 Å². The van der Waals surface area contributed by atoms with Crippen molar-refractivity contribution in [1.82, 2.24) is 10.2 Å². The van der Waals surface area contributed by atoms with Crippen LogP contribution in [0.3, 0.4) is 0 Å². The van der Waals surface area contributed by atoms with Crippen molar-refractivity contribution in [3.05, 3.63) is 24.3 Å². The molecule has 2 N–H and O–H groups in total. The zero-order valence-corrected chi connectivity index (χ0v) is 13.5. The van der Waals surface area contributed by atoms with Gasteiger partial charge in [0.1, 0.15) is 5.75 Å². The number of hydrogen-bond acceptors (Lipinski definition) is 3. The van der Waals surface area contributed by atoms with Gasteiger partial charge in [0.15, 0.2) is 0 Å². The highest BCUT2D eigenvalue weighted by Crippen LogP contribution is 2.41. The summed E-state index contributed by atoms with van der Waals surface area (Å²) in [6.07, 6.45) is -3.42. The molecule has 1 aliphatic carbocycles. The highest BCUT2D eigenvalue weighted by atomic mass is 19.4. The molecule has 0 aromatic heterocycles. The quantitative estimate of drug-likeness (QED) is 0.870. The van der Waals surface area contributed by atoms with Gasteiger partial charge in [-0.2, -0.15) is 0 Å². The third-order valence-corrected chi connectivity index (χ3v) is 4.56. The van der Waals surface area contributed by atoms with Gasteiger partial charge in [-0.3, -0.25) is 4.79 Å². The molecule has 0 spiro atoms. The number of ether oxygens (including phenoxy) is 1. The van der Waals surface area contributed by atoms with Crippen molar-refractivity contribution < 1.29 is 27.5 Å². The molecule has 2 heterocycles. The summed E-state index contributed by atoms with van der Waals surface area (Å²) >= 11 is 0. The Balaban J connectivity index is 1.51. The average Bonchev–Trinajstić information content (AvgIpc) is 3.12. The summed E-state index contributed by atoms with van der Waals surface area (Å²) in [5, 5.41) is 5.40. The molecule has 2 bridgehead atoms. The molecule has 6 nitrogen and oxygen atoms in total. The van der Waals surface area contributed by atoms with Crippen LogP contribution < -0.4 is 15.4 Å². The molecule has 3 aliphatic rings. The molecule has 1 saturated carbocycles. The Kier molecular flexibility index (Phi) is 4.49. The lowest BCUT2D eigenvalue weighted by molar-refractivity contribution is -0.274. The van der Waals surface area contributed by atoms with Crippen LogP contribution in [0.5, 0.6) is 5.75 Å². The molecule has 9 heteroatoms. The summed E-state index contributed by atoms with van der Waals surface area (Å²) in [6, 6.07) is 4.39. The maximum Gasteiger partial charge on any atom is 0.573 e. The summed E-state index contributed by atoms with van der Waals surface area (Å²) in [5.41, 5.74) is 0.347. The van der Waals surface area contributed by atoms with Crippen LogP contribution in [0.15, 0.2) is 24.3 Å². The number of urea groups is 1. The van der Waals surface area contributed by atoms with E-state index >= 15 is 0 Å². The molecule has 0 unspecified atom stereocenters. The van der Waals surface area contributed by atoms with E-state index in [1.807, 2.05) is 0 Å². The second kappa shape index (κ2) is 6.45. The SMILES string of the molecule is CCC(=O)N1C[C@H]2C[C@@H]1[C@H]2NC(=O)Nc1ccc(OC(F)(F)F)cc1. The van der Waals surface area contributed by atoms with Crippen molar-refractivity contribution in [3.8, 4) is 5.75 Å². The van der Waals surface area contributed by atoms with Crippen molar-refractivity contribution in [2.45, 2.75) is 38.2 Å². The second-order valence-electron chi connectivity index (χ2n) is 6.16. The highest BCUT2D eigenvalue weighted by molar-refractivity contribution is 5.90. The van der Waals surface area contributed by atoms with Crippen LogP contribution in [-0.2, 0) is 4.79 Å². The van der Waals surface area contributed by atoms with E-state index in [4.69, 9.17) is 0 Å². The van der Waals surface area contributed by atoms with Gasteiger partial charge in [0, 0.05) is 24.6 Å². The lowest BCUT2D eigenvalue weighted by Crippen LogP contribution is -2.56. The summed E-state index contributed by atoms with van der Waals surface area (Å²) < 4.78 is 40.1. The van der Waals surface area contributed by atoms with Crippen molar-refractivity contribution in [2.75, 3.05) is 11.9 Å². The van der Waals surface area contributed by atoms with Crippen LogP contribution in [0.2, 0.25) is 0 Å². The van der Waals surface area contributed by atoms with Gasteiger partial charge in [-0.25, -0.2) is 4.79 Å². The number of benzene rings is 1. The molecule has 0 radical (unpaired) electrons. The number of carbonyl (C=O) groups excluding carboxylic acids is 2. The van der Waals surface area contributed by atoms with Crippen LogP contribution in [0, 0.1) is 5.92 Å². The van der Waals surface area contributed by atoms with Crippen molar-refractivity contribution >= 4 is 17.6 Å². The minimum Gasteiger partial charge on any atom is -0.406 e. The van der Waals surface area contributed by atoms with Gasteiger partial charge < -0.3 is 20.3 Å². The van der Waals surface area contributed by atoms with Gasteiger partial charge in [0.2, 0.25) is 5.91 Å². The smallest absolute Gasteiger partial charge is 0.406 e. The second-order valence-corrected chi connectivity index (χ2v) is 6.16. The number of fused-ring (bicyclic) bond motifs is 1. The van der Waals surface area contributed by atoms with Crippen molar-refractivity contribution in [3.63, 3.8) is 0 Å². The standard InChI is InChI=1S/C16H18F3N3O3/c1-2-13(23)22-8-9-7-12(22)14(9)21-15(24)20-10-3-5-11(6-4-10)25-16(17,18)19/h3-6,9,12,14H,2,7-8H2,1H3,(H2,20,21,24)/t9-,12-,14+/m1/s1. The highest BCUT2D eigenvalue weighted by Gasteiger charge is 2.53. The third-order valence-electron chi connectivity index (χ3n) is 4.56. The molecule has 1 aromatic carbocycles. The Morgan fingerprint density at radius 1 is 1.28 bits per heavy atom. The number of carbonyl (C=O) groups is 2. The Morgan fingerprint density at radius 3 is 2.56 bits per heavy atom. The Hall–Kier alpha value is -2.45. The molecule has 3 fully saturated rings. The van der Waals surface area contributed by atoms with Crippen LogP contribution >= 0.6 is 0 Å². The van der Waals surface area contributed by atoms with Crippen LogP contribution in [0.1, 0.15) is 19.8 Å². The van der Waals surface area contributed by atoms with E-state index in [9.17, 15) is 22.8 Å². The molecule has 1 aromatic rings. The lowest BCUT2D eigenvalue weighted by Gasteiger charge is -2.36. The number of halogens is 3. The van der Waals surface area contributed by atoms with E-state index < -0.39 is 12.4 Å². The Bertz CT molecular complexity index is 663. The third kappa shape index (κ3) is 3.80. The monoisotopic (exact) mass is 357 g/mol. The van der Waals surface area contributed by atoms with E-state index in [0.717, 1.165) is 18.6 Å². The van der Waals surface area contributed by atoms with E-state index in [-0.39, 0.29) is 29.7 Å². The zero-order valence-electron chi connectivity index (χ0n) is 13.5. The topological polar surface area (TPSA) is 70.7 Å². The van der Waals surface area contributed by atoms with Crippen LogP contribution in [-0.4, -0.2) is 41.8 Å². The number of alkyl halides is 3. The summed E-state index contributed by atoms with van der Waals surface area (Å²) in [4.78, 5) is 25.7. The first-order valence-corrected chi connectivity index (χ1v) is 7.99. The average molecular weight is 357 g/mol. The predicted octanol–water partition coefficient (Wildman–Crippen LogP) is 2.72. The molecular weight excluding hydrogens is 339 g/mol. The van der Waals surface area contributed by atoms with Crippen molar-refractivity contribution in [1.29, 1.82) is 0 Å². The number of rotatable bonds is 4. The predicted molar refractivity (Wildman–Crippen MR) is 83.0 cm³/mol. The summed E-state index contributed by atoms with van der Waals surface area (Å²) in [5.74, 6) is -0.0181. The fourth-order valence-electron chi connectivity index (χ4n) is 3.38. The maximum atomic E-state index is 12.1.